The van der Waals surface area contributed by atoms with Gasteiger partial charge in [-0.3, -0.25) is 14.6 Å². The second-order valence-electron chi connectivity index (χ2n) is 7.51. The van der Waals surface area contributed by atoms with Crippen LogP contribution < -0.4 is 0 Å². The molecule has 2 fully saturated rings. The molecule has 0 amide bonds. The average molecular weight is 415 g/mol. The van der Waals surface area contributed by atoms with Crippen molar-refractivity contribution >= 4 is 15.8 Å². The van der Waals surface area contributed by atoms with E-state index in [1.54, 1.807) is 37.3 Å². The van der Waals surface area contributed by atoms with Gasteiger partial charge >= 0.3 is 5.97 Å². The molecule has 4 rings (SSSR count). The van der Waals surface area contributed by atoms with Gasteiger partial charge in [0.15, 0.2) is 9.84 Å². The van der Waals surface area contributed by atoms with Crippen molar-refractivity contribution in [1.29, 1.82) is 0 Å². The summed E-state index contributed by atoms with van der Waals surface area (Å²) < 4.78 is 32.3. The van der Waals surface area contributed by atoms with Gasteiger partial charge in [0.05, 0.1) is 22.9 Å². The van der Waals surface area contributed by atoms with Crippen LogP contribution in [-0.2, 0) is 25.9 Å². The minimum absolute atomic E-state index is 0.256. The fourth-order valence-electron chi connectivity index (χ4n) is 4.52. The Hall–Kier alpha value is -2.22. The highest BCUT2D eigenvalue weighted by atomic mass is 32.2. The summed E-state index contributed by atoms with van der Waals surface area (Å²) in [7, 11) is -3.59. The zero-order valence-corrected chi connectivity index (χ0v) is 17.3. The Morgan fingerprint density at radius 2 is 1.69 bits per heavy atom. The third-order valence-electron chi connectivity index (χ3n) is 5.81. The van der Waals surface area contributed by atoms with Crippen LogP contribution in [0.2, 0.25) is 0 Å². The fraction of sp³-hybridized carbons (Fsp3) is 0.409. The molecule has 2 aromatic rings. The van der Waals surface area contributed by atoms with Gasteiger partial charge in [-0.05, 0) is 31.0 Å². The molecule has 0 unspecified atom stereocenters. The van der Waals surface area contributed by atoms with Gasteiger partial charge in [0.25, 0.3) is 0 Å². The number of benzene rings is 2. The van der Waals surface area contributed by atoms with Crippen molar-refractivity contribution in [1.82, 2.24) is 9.80 Å². The number of fused-ring (bicyclic) bond motifs is 1. The van der Waals surface area contributed by atoms with Gasteiger partial charge < -0.3 is 4.74 Å². The molecule has 29 heavy (non-hydrogen) atoms. The number of nitrogens with zero attached hydrogens (tertiary/aromatic N) is 2. The molecule has 0 spiro atoms. The summed E-state index contributed by atoms with van der Waals surface area (Å²) in [5.74, 6) is -0.329. The Balaban J connectivity index is 1.68. The van der Waals surface area contributed by atoms with Crippen LogP contribution in [0.5, 0.6) is 0 Å². The number of carbonyl (C=O) groups is 1. The standard InChI is InChI=1S/C22H26N2O4S/c1-2-28-22(25)19-15-20(29(26,27)18-11-7-4-8-12-18)21-23(13-14-24(19)21)16-17-9-5-3-6-10-17/h3-12,19-21H,2,13-16H2,1H3/t19-,20-,21-/m0/s1. The topological polar surface area (TPSA) is 66.9 Å². The smallest absolute Gasteiger partial charge is 0.323 e. The van der Waals surface area contributed by atoms with Crippen molar-refractivity contribution < 1.29 is 17.9 Å². The molecule has 6 nitrogen and oxygen atoms in total. The van der Waals surface area contributed by atoms with Crippen LogP contribution in [0.4, 0.5) is 0 Å². The first kappa shape index (κ1) is 20.1. The first-order valence-corrected chi connectivity index (χ1v) is 11.6. The molecule has 0 bridgehead atoms. The third kappa shape index (κ3) is 3.82. The molecular weight excluding hydrogens is 388 g/mol. The molecule has 2 aliphatic rings. The maximum absolute atomic E-state index is 13.5. The molecule has 7 heteroatoms. The number of hydrogen-bond donors (Lipinski definition) is 0. The van der Waals surface area contributed by atoms with Crippen LogP contribution in [0.25, 0.3) is 0 Å². The van der Waals surface area contributed by atoms with Crippen LogP contribution in [0.3, 0.4) is 0 Å². The van der Waals surface area contributed by atoms with E-state index in [9.17, 15) is 13.2 Å². The number of ether oxygens (including phenoxy) is 1. The second-order valence-corrected chi connectivity index (χ2v) is 9.67. The van der Waals surface area contributed by atoms with E-state index in [0.717, 1.165) is 12.1 Å². The summed E-state index contributed by atoms with van der Waals surface area (Å²) in [6.07, 6.45) is -0.0822. The van der Waals surface area contributed by atoms with Crippen LogP contribution in [0.1, 0.15) is 18.9 Å². The summed E-state index contributed by atoms with van der Waals surface area (Å²) in [6.45, 7) is 4.09. The Labute approximate surface area is 172 Å². The fourth-order valence-corrected chi connectivity index (χ4v) is 6.49. The Kier molecular flexibility index (Phi) is 5.72. The molecule has 2 aromatic carbocycles. The van der Waals surface area contributed by atoms with E-state index in [0.29, 0.717) is 18.0 Å². The third-order valence-corrected chi connectivity index (χ3v) is 7.97. The molecule has 154 valence electrons. The summed E-state index contributed by atoms with van der Waals surface area (Å²) in [4.78, 5) is 17.1. The van der Waals surface area contributed by atoms with Gasteiger partial charge in [0.2, 0.25) is 0 Å². The number of sulfone groups is 1. The van der Waals surface area contributed by atoms with Crippen molar-refractivity contribution in [2.45, 2.75) is 42.2 Å². The molecule has 2 heterocycles. The van der Waals surface area contributed by atoms with E-state index in [4.69, 9.17) is 4.74 Å². The highest BCUT2D eigenvalue weighted by Gasteiger charge is 2.55. The van der Waals surface area contributed by atoms with E-state index in [2.05, 4.69) is 4.90 Å². The van der Waals surface area contributed by atoms with E-state index in [-0.39, 0.29) is 25.2 Å². The summed E-state index contributed by atoms with van der Waals surface area (Å²) in [5.41, 5.74) is 1.13. The predicted molar refractivity (Wildman–Crippen MR) is 110 cm³/mol. The number of hydrogen-bond acceptors (Lipinski definition) is 6. The first-order valence-electron chi connectivity index (χ1n) is 10.0. The van der Waals surface area contributed by atoms with Crippen molar-refractivity contribution in [2.75, 3.05) is 19.7 Å². The van der Waals surface area contributed by atoms with Crippen molar-refractivity contribution in [3.8, 4) is 0 Å². The molecular formula is C22H26N2O4S. The van der Waals surface area contributed by atoms with Crippen LogP contribution in [0, 0.1) is 0 Å². The maximum atomic E-state index is 13.5. The van der Waals surface area contributed by atoms with Gasteiger partial charge in [-0.25, -0.2) is 8.42 Å². The number of carbonyl (C=O) groups excluding carboxylic acids is 1. The molecule has 3 atom stereocenters. The van der Waals surface area contributed by atoms with Crippen molar-refractivity contribution in [3.63, 3.8) is 0 Å². The minimum atomic E-state index is -3.59. The zero-order chi connectivity index (χ0) is 20.4. The van der Waals surface area contributed by atoms with E-state index in [1.165, 1.54) is 0 Å². The van der Waals surface area contributed by atoms with Crippen LogP contribution in [-0.4, -0.2) is 61.3 Å². The highest BCUT2D eigenvalue weighted by Crippen LogP contribution is 2.38. The first-order chi connectivity index (χ1) is 14.0. The maximum Gasteiger partial charge on any atom is 0.323 e. The lowest BCUT2D eigenvalue weighted by Gasteiger charge is -2.29. The second kappa shape index (κ2) is 8.26. The lowest BCUT2D eigenvalue weighted by molar-refractivity contribution is -0.148. The van der Waals surface area contributed by atoms with Gasteiger partial charge in [0, 0.05) is 19.6 Å². The van der Waals surface area contributed by atoms with E-state index < -0.39 is 21.1 Å². The van der Waals surface area contributed by atoms with Gasteiger partial charge in [-0.2, -0.15) is 0 Å². The Bertz CT molecular complexity index is 949. The molecule has 0 radical (unpaired) electrons. The average Bonchev–Trinajstić information content (AvgIpc) is 3.31. The predicted octanol–water partition coefficient (Wildman–Crippen LogP) is 2.31. The number of esters is 1. The van der Waals surface area contributed by atoms with E-state index >= 15 is 0 Å². The highest BCUT2D eigenvalue weighted by molar-refractivity contribution is 7.92. The lowest BCUT2D eigenvalue weighted by Crippen LogP contribution is -2.45. The monoisotopic (exact) mass is 414 g/mol. The molecule has 2 aliphatic heterocycles. The van der Waals surface area contributed by atoms with Crippen molar-refractivity contribution in [2.24, 2.45) is 0 Å². The lowest BCUT2D eigenvalue weighted by atomic mass is 10.2. The van der Waals surface area contributed by atoms with Gasteiger partial charge in [0.1, 0.15) is 6.04 Å². The van der Waals surface area contributed by atoms with Gasteiger partial charge in [-0.15, -0.1) is 0 Å². The Morgan fingerprint density at radius 1 is 1.03 bits per heavy atom. The molecule has 0 aliphatic carbocycles. The molecule has 0 aromatic heterocycles. The summed E-state index contributed by atoms with van der Waals surface area (Å²) >= 11 is 0. The quantitative estimate of drug-likeness (QED) is 0.676. The minimum Gasteiger partial charge on any atom is -0.465 e. The zero-order valence-electron chi connectivity index (χ0n) is 16.5. The van der Waals surface area contributed by atoms with Gasteiger partial charge in [-0.1, -0.05) is 48.5 Å². The van der Waals surface area contributed by atoms with Crippen molar-refractivity contribution in [3.05, 3.63) is 66.2 Å². The van der Waals surface area contributed by atoms with Crippen LogP contribution >= 0.6 is 0 Å². The molecule has 2 saturated heterocycles. The SMILES string of the molecule is CCOC(=O)[C@@H]1C[C@H](S(=O)(=O)c2ccccc2)[C@H]2N(Cc3ccccc3)CCN12. The summed E-state index contributed by atoms with van der Waals surface area (Å²) in [6, 6.07) is 18.0. The largest absolute Gasteiger partial charge is 0.465 e. The molecule has 0 saturated carbocycles. The van der Waals surface area contributed by atoms with E-state index in [1.807, 2.05) is 35.2 Å². The number of rotatable bonds is 6. The normalized spacial score (nSPS) is 25.1. The van der Waals surface area contributed by atoms with Crippen LogP contribution in [0.15, 0.2) is 65.6 Å². The summed E-state index contributed by atoms with van der Waals surface area (Å²) in [5, 5.41) is -0.675. The Morgan fingerprint density at radius 3 is 2.34 bits per heavy atom. The molecule has 0 N–H and O–H groups in total.